The number of nitrogens with one attached hydrogen (secondary N) is 1. The minimum Gasteiger partial charge on any atom is -0.352 e. The van der Waals surface area contributed by atoms with Gasteiger partial charge in [-0.3, -0.25) is 4.79 Å². The molecule has 0 radical (unpaired) electrons. The number of rotatable bonds is 6. The molecular formula is C14H20INO. The summed E-state index contributed by atoms with van der Waals surface area (Å²) < 4.78 is 1.20. The van der Waals surface area contributed by atoms with Crippen molar-refractivity contribution in [2.45, 2.75) is 33.1 Å². The molecule has 1 N–H and O–H groups in total. The second-order valence-corrected chi connectivity index (χ2v) is 5.40. The number of amides is 1. The molecule has 1 amide bonds. The van der Waals surface area contributed by atoms with Gasteiger partial charge in [0.25, 0.3) is 5.91 Å². The van der Waals surface area contributed by atoms with Crippen LogP contribution in [0.2, 0.25) is 0 Å². The predicted octanol–water partition coefficient (Wildman–Crippen LogP) is 3.64. The first kappa shape index (κ1) is 14.5. The molecule has 1 aromatic carbocycles. The molecule has 0 saturated heterocycles. The Labute approximate surface area is 117 Å². The first-order chi connectivity index (χ1) is 8.15. The van der Waals surface area contributed by atoms with E-state index in [9.17, 15) is 4.79 Å². The zero-order valence-electron chi connectivity index (χ0n) is 10.6. The number of carbonyl (C=O) groups excluding carboxylic acids is 1. The van der Waals surface area contributed by atoms with Gasteiger partial charge in [0.15, 0.2) is 0 Å². The molecule has 0 fully saturated rings. The Morgan fingerprint density at radius 3 is 2.71 bits per heavy atom. The van der Waals surface area contributed by atoms with Gasteiger partial charge >= 0.3 is 0 Å². The summed E-state index contributed by atoms with van der Waals surface area (Å²) in [6.45, 7) is 4.77. The van der Waals surface area contributed by atoms with Crippen molar-refractivity contribution in [1.82, 2.24) is 5.32 Å². The van der Waals surface area contributed by atoms with Crippen LogP contribution in [0.15, 0.2) is 18.2 Å². The van der Waals surface area contributed by atoms with Crippen LogP contribution >= 0.6 is 22.6 Å². The number of halogens is 1. The minimum atomic E-state index is 0.0562. The lowest BCUT2D eigenvalue weighted by Crippen LogP contribution is -2.25. The highest BCUT2D eigenvalue weighted by Gasteiger charge is 2.07. The standard InChI is InChI=1S/C14H20INO/c1-11-6-7-12(2)13(10-11)14(17)16-9-5-3-4-8-15/h6-7,10H,3-5,8-9H2,1-2H3,(H,16,17). The summed E-state index contributed by atoms with van der Waals surface area (Å²) in [7, 11) is 0. The molecule has 3 heteroatoms. The average molecular weight is 345 g/mol. The second-order valence-electron chi connectivity index (χ2n) is 4.32. The topological polar surface area (TPSA) is 29.1 Å². The van der Waals surface area contributed by atoms with Crippen molar-refractivity contribution in [3.05, 3.63) is 34.9 Å². The van der Waals surface area contributed by atoms with E-state index in [1.54, 1.807) is 0 Å². The molecule has 0 bridgehead atoms. The van der Waals surface area contributed by atoms with Crippen LogP contribution in [0.25, 0.3) is 0 Å². The van der Waals surface area contributed by atoms with Crippen molar-refractivity contribution in [3.63, 3.8) is 0 Å². The molecule has 0 aliphatic heterocycles. The normalized spacial score (nSPS) is 10.3. The number of benzene rings is 1. The van der Waals surface area contributed by atoms with Gasteiger partial charge in [0, 0.05) is 12.1 Å². The predicted molar refractivity (Wildman–Crippen MR) is 81.0 cm³/mol. The van der Waals surface area contributed by atoms with E-state index in [4.69, 9.17) is 0 Å². The molecule has 0 saturated carbocycles. The fourth-order valence-corrected chi connectivity index (χ4v) is 2.21. The molecular weight excluding hydrogens is 325 g/mol. The zero-order chi connectivity index (χ0) is 12.7. The van der Waals surface area contributed by atoms with E-state index in [1.807, 2.05) is 32.0 Å². The van der Waals surface area contributed by atoms with E-state index in [1.165, 1.54) is 17.3 Å². The zero-order valence-corrected chi connectivity index (χ0v) is 12.7. The molecule has 94 valence electrons. The van der Waals surface area contributed by atoms with Gasteiger partial charge < -0.3 is 5.32 Å². The van der Waals surface area contributed by atoms with Crippen LogP contribution in [0.3, 0.4) is 0 Å². The van der Waals surface area contributed by atoms with E-state index in [2.05, 4.69) is 27.9 Å². The van der Waals surface area contributed by atoms with Crippen molar-refractivity contribution < 1.29 is 4.79 Å². The third-order valence-electron chi connectivity index (χ3n) is 2.73. The molecule has 0 unspecified atom stereocenters. The van der Waals surface area contributed by atoms with Gasteiger partial charge in [-0.05, 0) is 42.7 Å². The summed E-state index contributed by atoms with van der Waals surface area (Å²) in [5, 5.41) is 2.98. The Hall–Kier alpha value is -0.580. The Bertz CT molecular complexity index is 376. The summed E-state index contributed by atoms with van der Waals surface area (Å²) >= 11 is 2.38. The lowest BCUT2D eigenvalue weighted by Gasteiger charge is -2.08. The van der Waals surface area contributed by atoms with Crippen molar-refractivity contribution >= 4 is 28.5 Å². The quantitative estimate of drug-likeness (QED) is 0.476. The summed E-state index contributed by atoms with van der Waals surface area (Å²) in [5.41, 5.74) is 2.98. The van der Waals surface area contributed by atoms with Crippen LogP contribution in [0.5, 0.6) is 0 Å². The van der Waals surface area contributed by atoms with Gasteiger partial charge in [-0.2, -0.15) is 0 Å². The van der Waals surface area contributed by atoms with Gasteiger partial charge in [-0.1, -0.05) is 46.7 Å². The Morgan fingerprint density at radius 2 is 2.00 bits per heavy atom. The van der Waals surface area contributed by atoms with Crippen LogP contribution in [-0.4, -0.2) is 16.9 Å². The molecule has 0 aromatic heterocycles. The van der Waals surface area contributed by atoms with Crippen LogP contribution < -0.4 is 5.32 Å². The summed E-state index contributed by atoms with van der Waals surface area (Å²) in [6, 6.07) is 5.99. The average Bonchev–Trinajstić information content (AvgIpc) is 2.32. The van der Waals surface area contributed by atoms with Gasteiger partial charge in [0.1, 0.15) is 0 Å². The van der Waals surface area contributed by atoms with Crippen molar-refractivity contribution in [2.75, 3.05) is 11.0 Å². The molecule has 0 aliphatic carbocycles. The third-order valence-corrected chi connectivity index (χ3v) is 3.50. The van der Waals surface area contributed by atoms with Crippen LogP contribution in [-0.2, 0) is 0 Å². The number of aryl methyl sites for hydroxylation is 2. The SMILES string of the molecule is Cc1ccc(C)c(C(=O)NCCCCCI)c1. The minimum absolute atomic E-state index is 0.0562. The number of unbranched alkanes of at least 4 members (excludes halogenated alkanes) is 2. The second kappa shape index (κ2) is 7.69. The van der Waals surface area contributed by atoms with E-state index in [0.29, 0.717) is 0 Å². The van der Waals surface area contributed by atoms with Crippen LogP contribution in [0.4, 0.5) is 0 Å². The van der Waals surface area contributed by atoms with Gasteiger partial charge in [0.05, 0.1) is 0 Å². The maximum Gasteiger partial charge on any atom is 0.251 e. The third kappa shape index (κ3) is 5.06. The molecule has 0 aliphatic rings. The molecule has 17 heavy (non-hydrogen) atoms. The monoisotopic (exact) mass is 345 g/mol. The lowest BCUT2D eigenvalue weighted by atomic mass is 10.1. The van der Waals surface area contributed by atoms with Gasteiger partial charge in [-0.15, -0.1) is 0 Å². The van der Waals surface area contributed by atoms with Crippen molar-refractivity contribution in [3.8, 4) is 0 Å². The fraction of sp³-hybridized carbons (Fsp3) is 0.500. The number of hydrogen-bond acceptors (Lipinski definition) is 1. The first-order valence-electron chi connectivity index (χ1n) is 6.06. The van der Waals surface area contributed by atoms with Gasteiger partial charge in [0.2, 0.25) is 0 Å². The van der Waals surface area contributed by atoms with Gasteiger partial charge in [-0.25, -0.2) is 0 Å². The molecule has 1 rings (SSSR count). The smallest absolute Gasteiger partial charge is 0.251 e. The summed E-state index contributed by atoms with van der Waals surface area (Å²) in [6.07, 6.45) is 3.50. The Balaban J connectivity index is 2.44. The van der Waals surface area contributed by atoms with Crippen LogP contribution in [0.1, 0.15) is 40.7 Å². The maximum atomic E-state index is 11.9. The number of alkyl halides is 1. The van der Waals surface area contributed by atoms with E-state index in [-0.39, 0.29) is 5.91 Å². The molecule has 0 atom stereocenters. The number of hydrogen-bond donors (Lipinski definition) is 1. The van der Waals surface area contributed by atoms with Crippen molar-refractivity contribution in [1.29, 1.82) is 0 Å². The fourth-order valence-electron chi connectivity index (χ4n) is 1.67. The Morgan fingerprint density at radius 1 is 1.24 bits per heavy atom. The highest BCUT2D eigenvalue weighted by molar-refractivity contribution is 14.1. The molecule has 0 heterocycles. The lowest BCUT2D eigenvalue weighted by molar-refractivity contribution is 0.0952. The molecule has 2 nitrogen and oxygen atoms in total. The van der Waals surface area contributed by atoms with E-state index >= 15 is 0 Å². The molecule has 0 spiro atoms. The summed E-state index contributed by atoms with van der Waals surface area (Å²) in [4.78, 5) is 11.9. The maximum absolute atomic E-state index is 11.9. The first-order valence-corrected chi connectivity index (χ1v) is 7.59. The van der Waals surface area contributed by atoms with E-state index in [0.717, 1.165) is 29.7 Å². The number of carbonyl (C=O) groups is 1. The highest BCUT2D eigenvalue weighted by atomic mass is 127. The Kier molecular flexibility index (Phi) is 6.55. The largest absolute Gasteiger partial charge is 0.352 e. The van der Waals surface area contributed by atoms with Crippen molar-refractivity contribution in [2.24, 2.45) is 0 Å². The molecule has 1 aromatic rings. The van der Waals surface area contributed by atoms with E-state index < -0.39 is 0 Å². The highest BCUT2D eigenvalue weighted by Crippen LogP contribution is 2.10. The van der Waals surface area contributed by atoms with Crippen LogP contribution in [0, 0.1) is 13.8 Å². The summed E-state index contributed by atoms with van der Waals surface area (Å²) in [5.74, 6) is 0.0562.